The first kappa shape index (κ1) is 23.3. The molecule has 0 bridgehead atoms. The lowest BCUT2D eigenvalue weighted by atomic mass is 9.80. The average molecular weight is 542 g/mol. The number of carbonyl (C=O) groups is 4. The van der Waals surface area contributed by atoms with Crippen molar-refractivity contribution in [3.05, 3.63) is 57.6 Å². The third-order valence-corrected chi connectivity index (χ3v) is 7.25. The number of para-hydroxylation sites is 1. The van der Waals surface area contributed by atoms with Crippen LogP contribution in [0.1, 0.15) is 58.5 Å². The van der Waals surface area contributed by atoms with E-state index in [4.69, 9.17) is 9.47 Å². The summed E-state index contributed by atoms with van der Waals surface area (Å²) in [5.74, 6) is -1.11. The molecule has 10 heteroatoms. The summed E-state index contributed by atoms with van der Waals surface area (Å²) < 4.78 is 12.5. The second-order valence-electron chi connectivity index (χ2n) is 8.89. The summed E-state index contributed by atoms with van der Waals surface area (Å²) >= 11 is 3.50. The minimum atomic E-state index is -0.743. The maximum atomic E-state index is 13.4. The van der Waals surface area contributed by atoms with Crippen LogP contribution in [0.4, 0.5) is 10.5 Å². The third-order valence-electron chi connectivity index (χ3n) is 6.75. The van der Waals surface area contributed by atoms with Gasteiger partial charge < -0.3 is 25.0 Å². The number of nitrogens with zero attached hydrogens (tertiary/aromatic N) is 1. The van der Waals surface area contributed by atoms with Crippen LogP contribution in [0.15, 0.2) is 40.9 Å². The lowest BCUT2D eigenvalue weighted by Gasteiger charge is -2.46. The van der Waals surface area contributed by atoms with Gasteiger partial charge in [0.25, 0.3) is 17.6 Å². The summed E-state index contributed by atoms with van der Waals surface area (Å²) in [6.45, 7) is 3.08. The van der Waals surface area contributed by atoms with Crippen molar-refractivity contribution >= 4 is 45.3 Å². The fourth-order valence-electron chi connectivity index (χ4n) is 4.98. The van der Waals surface area contributed by atoms with Crippen molar-refractivity contribution in [2.24, 2.45) is 0 Å². The monoisotopic (exact) mass is 541 g/mol. The van der Waals surface area contributed by atoms with E-state index in [-0.39, 0.29) is 28.9 Å². The van der Waals surface area contributed by atoms with Crippen LogP contribution in [-0.2, 0) is 9.53 Å². The van der Waals surface area contributed by atoms with Crippen LogP contribution in [0.2, 0.25) is 0 Å². The van der Waals surface area contributed by atoms with Crippen LogP contribution >= 0.6 is 15.9 Å². The largest absolute Gasteiger partial charge is 0.487 e. The molecule has 5 rings (SSSR count). The number of hydrogen-bond acceptors (Lipinski definition) is 6. The Hall–Kier alpha value is -3.40. The Balaban J connectivity index is 1.41. The maximum absolute atomic E-state index is 13.4. The second-order valence-corrected chi connectivity index (χ2v) is 9.81. The zero-order valence-electron chi connectivity index (χ0n) is 19.1. The zero-order chi connectivity index (χ0) is 24.7. The van der Waals surface area contributed by atoms with Gasteiger partial charge in [-0.2, -0.15) is 0 Å². The minimum Gasteiger partial charge on any atom is -0.487 e. The summed E-state index contributed by atoms with van der Waals surface area (Å²) in [7, 11) is 0. The molecule has 0 saturated carbocycles. The summed E-state index contributed by atoms with van der Waals surface area (Å²) in [4.78, 5) is 51.1. The number of fused-ring (bicyclic) bond motifs is 2. The molecule has 0 aromatic heterocycles. The number of anilines is 1. The molecule has 0 radical (unpaired) electrons. The van der Waals surface area contributed by atoms with E-state index in [1.807, 2.05) is 18.2 Å². The van der Waals surface area contributed by atoms with Crippen LogP contribution in [0, 0.1) is 0 Å². The maximum Gasteiger partial charge on any atom is 0.409 e. The Kier molecular flexibility index (Phi) is 6.00. The predicted molar refractivity (Wildman–Crippen MR) is 130 cm³/mol. The fourth-order valence-corrected chi connectivity index (χ4v) is 5.36. The number of rotatable bonds is 3. The predicted octanol–water partition coefficient (Wildman–Crippen LogP) is 3.83. The van der Waals surface area contributed by atoms with Gasteiger partial charge in [0, 0.05) is 42.4 Å². The molecule has 2 aromatic carbocycles. The van der Waals surface area contributed by atoms with Crippen LogP contribution < -0.4 is 15.4 Å². The normalized spacial score (nSPS) is 19.9. The molecule has 35 heavy (non-hydrogen) atoms. The molecular formula is C25H24BrN3O6. The lowest BCUT2D eigenvalue weighted by molar-refractivity contribution is -0.112. The molecule has 2 aromatic rings. The van der Waals surface area contributed by atoms with Gasteiger partial charge in [0.1, 0.15) is 11.4 Å². The highest BCUT2D eigenvalue weighted by Crippen LogP contribution is 2.45. The van der Waals surface area contributed by atoms with Crippen molar-refractivity contribution in [1.82, 2.24) is 10.2 Å². The van der Waals surface area contributed by atoms with E-state index in [0.29, 0.717) is 44.7 Å². The summed E-state index contributed by atoms with van der Waals surface area (Å²) in [5.41, 5.74) is 0.944. The Labute approximate surface area is 210 Å². The molecule has 9 nitrogen and oxygen atoms in total. The first-order chi connectivity index (χ1) is 16.8. The number of carbonyl (C=O) groups excluding carboxylic acids is 4. The number of nitrogens with one attached hydrogen (secondary N) is 2. The molecule has 182 valence electrons. The van der Waals surface area contributed by atoms with Gasteiger partial charge in [0.05, 0.1) is 29.5 Å². The van der Waals surface area contributed by atoms with Crippen molar-refractivity contribution < 1.29 is 28.7 Å². The number of Topliss-reactive ketones (excluding diaryl/α,β-unsaturated/α-hetero) is 1. The highest BCUT2D eigenvalue weighted by atomic mass is 79.9. The lowest BCUT2D eigenvalue weighted by Crippen LogP contribution is -2.53. The Morgan fingerprint density at radius 2 is 2.00 bits per heavy atom. The number of benzene rings is 2. The van der Waals surface area contributed by atoms with Gasteiger partial charge in [0.2, 0.25) is 0 Å². The van der Waals surface area contributed by atoms with Crippen molar-refractivity contribution in [2.45, 2.75) is 37.8 Å². The van der Waals surface area contributed by atoms with E-state index in [2.05, 4.69) is 26.6 Å². The highest BCUT2D eigenvalue weighted by molar-refractivity contribution is 9.10. The van der Waals surface area contributed by atoms with E-state index in [0.717, 1.165) is 10.0 Å². The molecule has 0 aliphatic carbocycles. The van der Waals surface area contributed by atoms with Gasteiger partial charge in [0.15, 0.2) is 0 Å². The fraction of sp³-hybridized carbons (Fsp3) is 0.360. The number of amides is 3. The summed E-state index contributed by atoms with van der Waals surface area (Å²) in [6, 6.07) is 10.0. The molecule has 1 atom stereocenters. The molecule has 1 spiro atoms. The summed E-state index contributed by atoms with van der Waals surface area (Å²) in [5, 5.41) is 5.61. The van der Waals surface area contributed by atoms with Gasteiger partial charge in [-0.1, -0.05) is 22.0 Å². The molecule has 3 heterocycles. The average Bonchev–Trinajstić information content (AvgIpc) is 3.13. The number of hydrogen-bond donors (Lipinski definition) is 2. The number of halogens is 1. The van der Waals surface area contributed by atoms with Crippen LogP contribution in [0.25, 0.3) is 0 Å². The molecule has 2 N–H and O–H groups in total. The molecular weight excluding hydrogens is 518 g/mol. The molecule has 3 aliphatic rings. The van der Waals surface area contributed by atoms with Gasteiger partial charge in [-0.15, -0.1) is 0 Å². The molecule has 1 saturated heterocycles. The van der Waals surface area contributed by atoms with Crippen LogP contribution in [0.5, 0.6) is 5.75 Å². The van der Waals surface area contributed by atoms with Gasteiger partial charge in [-0.3, -0.25) is 14.4 Å². The number of piperidine rings is 1. The van der Waals surface area contributed by atoms with E-state index in [9.17, 15) is 19.2 Å². The van der Waals surface area contributed by atoms with Crippen molar-refractivity contribution in [3.63, 3.8) is 0 Å². The first-order valence-electron chi connectivity index (χ1n) is 11.5. The van der Waals surface area contributed by atoms with Crippen molar-refractivity contribution in [1.29, 1.82) is 0 Å². The Morgan fingerprint density at radius 1 is 1.23 bits per heavy atom. The number of ether oxygens (including phenoxy) is 2. The first-order valence-corrected chi connectivity index (χ1v) is 12.3. The zero-order valence-corrected chi connectivity index (χ0v) is 20.6. The van der Waals surface area contributed by atoms with Crippen LogP contribution in [0.3, 0.4) is 0 Å². The van der Waals surface area contributed by atoms with Crippen molar-refractivity contribution in [2.75, 3.05) is 25.0 Å². The van der Waals surface area contributed by atoms with E-state index in [1.54, 1.807) is 24.0 Å². The van der Waals surface area contributed by atoms with Gasteiger partial charge >= 0.3 is 6.09 Å². The molecule has 3 amide bonds. The van der Waals surface area contributed by atoms with Crippen LogP contribution in [-0.4, -0.2) is 53.9 Å². The topological polar surface area (TPSA) is 114 Å². The quantitative estimate of drug-likeness (QED) is 0.571. The molecule has 1 fully saturated rings. The number of likely N-dealkylation sites (tertiary alicyclic amines) is 1. The van der Waals surface area contributed by atoms with Crippen molar-refractivity contribution in [3.8, 4) is 5.75 Å². The van der Waals surface area contributed by atoms with E-state index in [1.165, 1.54) is 6.07 Å². The molecule has 3 aliphatic heterocycles. The third kappa shape index (κ3) is 4.27. The smallest absolute Gasteiger partial charge is 0.409 e. The number of ketones is 1. The second kappa shape index (κ2) is 8.99. The van der Waals surface area contributed by atoms with E-state index >= 15 is 0 Å². The Bertz CT molecular complexity index is 1240. The summed E-state index contributed by atoms with van der Waals surface area (Å²) in [6.07, 6.45) is 1.37. The van der Waals surface area contributed by atoms with E-state index < -0.39 is 23.2 Å². The standard InChI is InChI=1S/C25H24BrN3O6/c1-2-34-24(33)29-10-8-25(9-11-29)13-18(17-12-14(26)6-7-19(17)35-25)27-22(31)16-5-3-4-15-20(16)28-23(32)21(15)30/h3-7,12,18H,2,8-11,13H2,1H3,(H,27,31)(H,28,30,32)/t18-/m0/s1. The Morgan fingerprint density at radius 3 is 2.74 bits per heavy atom. The van der Waals surface area contributed by atoms with Gasteiger partial charge in [-0.25, -0.2) is 4.79 Å². The highest BCUT2D eigenvalue weighted by Gasteiger charge is 2.45. The minimum absolute atomic E-state index is 0.195. The van der Waals surface area contributed by atoms with Gasteiger partial charge in [-0.05, 0) is 37.3 Å². The SMILES string of the molecule is CCOC(=O)N1CCC2(CC1)C[C@H](NC(=O)c1cccc3c1NC(=O)C3=O)c1cc(Br)ccc1O2. The molecule has 0 unspecified atom stereocenters.